The Morgan fingerprint density at radius 3 is 2.22 bits per heavy atom. The van der Waals surface area contributed by atoms with Gasteiger partial charge in [0.1, 0.15) is 13.2 Å². The highest BCUT2D eigenvalue weighted by Crippen LogP contribution is 2.20. The maximum Gasteiger partial charge on any atom is 0.407 e. The molecular formula is C32H38N4O5. The fraction of sp³-hybridized carbons (Fsp3) is 0.312. The number of unbranched alkanes of at least 4 members (excludes halogenated alkanes) is 1. The number of amides is 4. The molecule has 1 aliphatic heterocycles. The summed E-state index contributed by atoms with van der Waals surface area (Å²) in [6.07, 6.45) is 2.80. The number of benzene rings is 3. The zero-order chi connectivity index (χ0) is 29.5. The maximum absolute atomic E-state index is 13.0. The molecule has 1 heterocycles. The predicted molar refractivity (Wildman–Crippen MR) is 159 cm³/mol. The van der Waals surface area contributed by atoms with Crippen LogP contribution in [0.15, 0.2) is 85.5 Å². The molecule has 1 aliphatic rings. The molecule has 4 amide bonds. The first-order valence-corrected chi connectivity index (χ1v) is 13.8. The van der Waals surface area contributed by atoms with Crippen molar-refractivity contribution in [1.82, 2.24) is 20.4 Å². The number of piperazine rings is 1. The quantitative estimate of drug-likeness (QED) is 0.303. The van der Waals surface area contributed by atoms with Crippen LogP contribution in [0.5, 0.6) is 0 Å². The van der Waals surface area contributed by atoms with Crippen molar-refractivity contribution >= 4 is 34.6 Å². The largest absolute Gasteiger partial charge is 0.445 e. The summed E-state index contributed by atoms with van der Waals surface area (Å²) in [5.74, 6) is -0.307. The summed E-state index contributed by atoms with van der Waals surface area (Å²) in [5, 5.41) is 7.13. The van der Waals surface area contributed by atoms with E-state index in [2.05, 4.69) is 24.1 Å². The first kappa shape index (κ1) is 30.9. The van der Waals surface area contributed by atoms with Crippen molar-refractivity contribution in [2.45, 2.75) is 26.4 Å². The van der Waals surface area contributed by atoms with Crippen LogP contribution in [-0.2, 0) is 20.9 Å². The van der Waals surface area contributed by atoms with E-state index in [0.29, 0.717) is 31.7 Å². The van der Waals surface area contributed by atoms with Gasteiger partial charge in [0.2, 0.25) is 11.8 Å². The van der Waals surface area contributed by atoms with Crippen LogP contribution in [0.2, 0.25) is 0 Å². The minimum absolute atomic E-state index is 0.0310. The number of hydrogen-bond donors (Lipinski definition) is 2. The first-order chi connectivity index (χ1) is 19.9. The molecule has 9 heteroatoms. The molecule has 0 atom stereocenters. The Balaban J connectivity index is 0.000000445. The molecule has 4 rings (SSSR count). The van der Waals surface area contributed by atoms with Crippen LogP contribution >= 0.6 is 0 Å². The van der Waals surface area contributed by atoms with E-state index in [4.69, 9.17) is 4.74 Å². The van der Waals surface area contributed by atoms with Gasteiger partial charge in [-0.2, -0.15) is 0 Å². The van der Waals surface area contributed by atoms with Gasteiger partial charge < -0.3 is 25.2 Å². The summed E-state index contributed by atoms with van der Waals surface area (Å²) < 4.78 is 5.12. The van der Waals surface area contributed by atoms with E-state index in [-0.39, 0.29) is 30.9 Å². The number of hydrogen-bond acceptors (Lipinski definition) is 5. The van der Waals surface area contributed by atoms with Crippen LogP contribution in [0.1, 0.15) is 35.7 Å². The average molecular weight is 559 g/mol. The highest BCUT2D eigenvalue weighted by atomic mass is 16.5. The van der Waals surface area contributed by atoms with Crippen molar-refractivity contribution in [2.24, 2.45) is 0 Å². The molecule has 216 valence electrons. The predicted octanol–water partition coefficient (Wildman–Crippen LogP) is 4.14. The van der Waals surface area contributed by atoms with Crippen LogP contribution in [-0.4, -0.2) is 72.9 Å². The summed E-state index contributed by atoms with van der Waals surface area (Å²) in [4.78, 5) is 51.2. The number of ether oxygens (including phenoxy) is 1. The van der Waals surface area contributed by atoms with Gasteiger partial charge in [-0.15, -0.1) is 0 Å². The van der Waals surface area contributed by atoms with E-state index in [9.17, 15) is 19.2 Å². The number of fused-ring (bicyclic) bond motifs is 1. The third-order valence-electron chi connectivity index (χ3n) is 6.55. The Hall–Kier alpha value is -4.66. The average Bonchev–Trinajstić information content (AvgIpc) is 3.03. The lowest BCUT2D eigenvalue weighted by atomic mass is 10.0. The minimum Gasteiger partial charge on any atom is -0.445 e. The molecule has 2 N–H and O–H groups in total. The molecule has 0 bridgehead atoms. The van der Waals surface area contributed by atoms with Crippen molar-refractivity contribution in [3.8, 4) is 0 Å². The van der Waals surface area contributed by atoms with E-state index in [1.54, 1.807) is 9.80 Å². The van der Waals surface area contributed by atoms with Gasteiger partial charge in [0, 0.05) is 38.3 Å². The fourth-order valence-electron chi connectivity index (χ4n) is 4.24. The molecule has 0 saturated carbocycles. The molecule has 1 saturated heterocycles. The van der Waals surface area contributed by atoms with E-state index >= 15 is 0 Å². The van der Waals surface area contributed by atoms with Crippen LogP contribution in [0.25, 0.3) is 10.8 Å². The molecule has 41 heavy (non-hydrogen) atoms. The Kier molecular flexibility index (Phi) is 12.4. The van der Waals surface area contributed by atoms with Crippen molar-refractivity contribution in [3.05, 3.63) is 96.6 Å². The second-order valence-electron chi connectivity index (χ2n) is 9.46. The Bertz CT molecular complexity index is 1310. The number of alkyl carbamates (subject to hydrolysis) is 1. The molecule has 1 fully saturated rings. The molecular weight excluding hydrogens is 520 g/mol. The molecule has 3 aromatic rings. The minimum atomic E-state index is -0.632. The van der Waals surface area contributed by atoms with Gasteiger partial charge in [0.15, 0.2) is 0 Å². The highest BCUT2D eigenvalue weighted by Gasteiger charge is 2.25. The SMILES string of the molecule is C=CC(=O)NCCCC.O=C(NCC(=O)N1CCN(C(=O)c2cccc3ccccc23)CC1)OCc1ccccc1. The molecule has 3 aromatic carbocycles. The Morgan fingerprint density at radius 1 is 0.854 bits per heavy atom. The van der Waals surface area contributed by atoms with E-state index in [0.717, 1.165) is 35.7 Å². The summed E-state index contributed by atoms with van der Waals surface area (Å²) in [6.45, 7) is 7.95. The molecule has 0 aromatic heterocycles. The van der Waals surface area contributed by atoms with E-state index < -0.39 is 6.09 Å². The van der Waals surface area contributed by atoms with Crippen LogP contribution in [0, 0.1) is 0 Å². The fourth-order valence-corrected chi connectivity index (χ4v) is 4.24. The van der Waals surface area contributed by atoms with E-state index in [1.807, 2.05) is 72.8 Å². The summed E-state index contributed by atoms with van der Waals surface area (Å²) in [6, 6.07) is 22.9. The number of carbonyl (C=O) groups is 4. The van der Waals surface area contributed by atoms with Gasteiger partial charge in [-0.1, -0.05) is 86.7 Å². The third kappa shape index (κ3) is 9.79. The zero-order valence-electron chi connectivity index (χ0n) is 23.5. The van der Waals surface area contributed by atoms with Gasteiger partial charge in [0.25, 0.3) is 5.91 Å². The van der Waals surface area contributed by atoms with Crippen molar-refractivity contribution in [3.63, 3.8) is 0 Å². The number of carbonyl (C=O) groups excluding carboxylic acids is 4. The van der Waals surface area contributed by atoms with Gasteiger partial charge in [-0.3, -0.25) is 14.4 Å². The topological polar surface area (TPSA) is 108 Å². The van der Waals surface area contributed by atoms with Gasteiger partial charge in [0.05, 0.1) is 0 Å². The van der Waals surface area contributed by atoms with Gasteiger partial charge in [-0.05, 0) is 34.9 Å². The highest BCUT2D eigenvalue weighted by molar-refractivity contribution is 6.07. The third-order valence-corrected chi connectivity index (χ3v) is 6.55. The standard InChI is InChI=1S/C25H25N3O4.C7H13NO/c29-23(17-26-25(31)32-18-19-7-2-1-3-8-19)27-13-15-28(16-14-27)24(30)22-12-6-10-20-9-4-5-11-21(20)22;1-3-5-6-8-7(9)4-2/h1-12H,13-18H2,(H,26,31);4H,2-3,5-6H2,1H3,(H,8,9). The van der Waals surface area contributed by atoms with E-state index in [1.165, 1.54) is 6.08 Å². The monoisotopic (exact) mass is 558 g/mol. The molecule has 0 spiro atoms. The normalized spacial score (nSPS) is 12.5. The molecule has 0 radical (unpaired) electrons. The second-order valence-corrected chi connectivity index (χ2v) is 9.46. The number of nitrogens with zero attached hydrogens (tertiary/aromatic N) is 2. The lowest BCUT2D eigenvalue weighted by Gasteiger charge is -2.35. The van der Waals surface area contributed by atoms with Crippen LogP contribution in [0.4, 0.5) is 4.79 Å². The molecule has 9 nitrogen and oxygen atoms in total. The Morgan fingerprint density at radius 2 is 1.51 bits per heavy atom. The Labute approximate surface area is 241 Å². The summed E-state index contributed by atoms with van der Waals surface area (Å²) >= 11 is 0. The summed E-state index contributed by atoms with van der Waals surface area (Å²) in [5.41, 5.74) is 1.55. The lowest BCUT2D eigenvalue weighted by molar-refractivity contribution is -0.131. The van der Waals surface area contributed by atoms with Crippen molar-refractivity contribution < 1.29 is 23.9 Å². The van der Waals surface area contributed by atoms with Crippen LogP contribution in [0.3, 0.4) is 0 Å². The van der Waals surface area contributed by atoms with Crippen LogP contribution < -0.4 is 10.6 Å². The summed E-state index contributed by atoms with van der Waals surface area (Å²) in [7, 11) is 0. The molecule has 0 unspecified atom stereocenters. The van der Waals surface area contributed by atoms with Gasteiger partial charge in [-0.25, -0.2) is 4.79 Å². The van der Waals surface area contributed by atoms with Crippen molar-refractivity contribution in [2.75, 3.05) is 39.3 Å². The maximum atomic E-state index is 13.0. The number of nitrogens with one attached hydrogen (secondary N) is 2. The zero-order valence-corrected chi connectivity index (χ0v) is 23.5. The van der Waals surface area contributed by atoms with Gasteiger partial charge >= 0.3 is 6.09 Å². The first-order valence-electron chi connectivity index (χ1n) is 13.8. The second kappa shape index (κ2) is 16.4. The smallest absolute Gasteiger partial charge is 0.407 e. The van der Waals surface area contributed by atoms with Crippen molar-refractivity contribution in [1.29, 1.82) is 0 Å². The molecule has 0 aliphatic carbocycles. The number of rotatable bonds is 9. The lowest BCUT2D eigenvalue weighted by Crippen LogP contribution is -2.52.